The second kappa shape index (κ2) is 13.1. The van der Waals surface area contributed by atoms with Crippen molar-refractivity contribution in [2.24, 2.45) is 0 Å². The summed E-state index contributed by atoms with van der Waals surface area (Å²) < 4.78 is 11.0. The Labute approximate surface area is 192 Å². The number of aryl methyl sites for hydroxylation is 1. The minimum atomic E-state index is -0.0798. The smallest absolute Gasteiger partial charge is 0.255 e. The highest BCUT2D eigenvalue weighted by Gasteiger charge is 2.17. The first-order valence-corrected chi connectivity index (χ1v) is 11.8. The minimum Gasteiger partial charge on any atom is -0.490 e. The molecule has 174 valence electrons. The summed E-state index contributed by atoms with van der Waals surface area (Å²) in [6.07, 6.45) is 2.05. The number of nitrogens with one attached hydrogen (secondary N) is 1. The molecule has 0 radical (unpaired) electrons. The molecule has 0 saturated carbocycles. The van der Waals surface area contributed by atoms with E-state index in [1.165, 1.54) is 11.3 Å². The molecule has 0 bridgehead atoms. The normalized spacial score (nSPS) is 14.4. The van der Waals surface area contributed by atoms with Gasteiger partial charge in [-0.2, -0.15) is 0 Å². The van der Waals surface area contributed by atoms with Crippen LogP contribution in [0.2, 0.25) is 0 Å². The van der Waals surface area contributed by atoms with Gasteiger partial charge in [0.05, 0.1) is 12.2 Å². The first-order chi connectivity index (χ1) is 15.7. The van der Waals surface area contributed by atoms with Crippen LogP contribution in [0.1, 0.15) is 35.7 Å². The van der Waals surface area contributed by atoms with Gasteiger partial charge < -0.3 is 19.7 Å². The Morgan fingerprint density at radius 2 is 1.81 bits per heavy atom. The number of anilines is 1. The monoisotopic (exact) mass is 439 g/mol. The van der Waals surface area contributed by atoms with Crippen molar-refractivity contribution in [3.05, 3.63) is 59.7 Å². The lowest BCUT2D eigenvalue weighted by Gasteiger charge is -2.36. The zero-order valence-electron chi connectivity index (χ0n) is 19.5. The molecule has 1 aliphatic heterocycles. The molecule has 1 fully saturated rings. The van der Waals surface area contributed by atoms with E-state index in [9.17, 15) is 4.79 Å². The average molecular weight is 440 g/mol. The molecular weight excluding hydrogens is 402 g/mol. The van der Waals surface area contributed by atoms with Crippen LogP contribution in [-0.4, -0.2) is 69.9 Å². The third-order valence-electron chi connectivity index (χ3n) is 5.75. The van der Waals surface area contributed by atoms with Crippen LogP contribution < -0.4 is 15.0 Å². The lowest BCUT2D eigenvalue weighted by atomic mass is 10.1. The maximum atomic E-state index is 12.6. The number of benzene rings is 2. The summed E-state index contributed by atoms with van der Waals surface area (Å²) in [4.78, 5) is 17.6. The number of piperazine rings is 1. The maximum absolute atomic E-state index is 12.6. The Bertz CT molecular complexity index is 835. The van der Waals surface area contributed by atoms with Crippen molar-refractivity contribution in [3.8, 4) is 5.75 Å². The number of para-hydroxylation sites is 1. The molecule has 0 aliphatic carbocycles. The van der Waals surface area contributed by atoms with Crippen molar-refractivity contribution < 1.29 is 14.3 Å². The molecule has 0 spiro atoms. The topological polar surface area (TPSA) is 54.0 Å². The van der Waals surface area contributed by atoms with Crippen molar-refractivity contribution >= 4 is 11.6 Å². The van der Waals surface area contributed by atoms with Crippen molar-refractivity contribution in [1.82, 2.24) is 10.2 Å². The van der Waals surface area contributed by atoms with Crippen LogP contribution in [0.15, 0.2) is 48.5 Å². The SMILES string of the molecule is CCOCCOc1ccccc1C(=O)NCCCCN1CCN(c2cccc(C)c2)CC1. The highest BCUT2D eigenvalue weighted by molar-refractivity contribution is 5.96. The summed E-state index contributed by atoms with van der Waals surface area (Å²) in [6, 6.07) is 16.1. The Morgan fingerprint density at radius 1 is 1.00 bits per heavy atom. The number of hydrogen-bond acceptors (Lipinski definition) is 5. The van der Waals surface area contributed by atoms with Crippen molar-refractivity contribution in [1.29, 1.82) is 0 Å². The molecule has 0 aromatic heterocycles. The number of rotatable bonds is 12. The molecule has 6 nitrogen and oxygen atoms in total. The fourth-order valence-electron chi connectivity index (χ4n) is 3.95. The van der Waals surface area contributed by atoms with Crippen LogP contribution in [-0.2, 0) is 4.74 Å². The summed E-state index contributed by atoms with van der Waals surface area (Å²) in [7, 11) is 0. The zero-order chi connectivity index (χ0) is 22.6. The molecule has 1 N–H and O–H groups in total. The Morgan fingerprint density at radius 3 is 2.59 bits per heavy atom. The Balaban J connectivity index is 1.32. The van der Waals surface area contributed by atoms with Crippen LogP contribution >= 0.6 is 0 Å². The largest absolute Gasteiger partial charge is 0.490 e. The van der Waals surface area contributed by atoms with Gasteiger partial charge in [0.15, 0.2) is 0 Å². The van der Waals surface area contributed by atoms with Crippen molar-refractivity contribution in [2.75, 3.05) is 64.0 Å². The van der Waals surface area contributed by atoms with Gasteiger partial charge in [0.25, 0.3) is 5.91 Å². The van der Waals surface area contributed by atoms with Gasteiger partial charge in [0.2, 0.25) is 0 Å². The average Bonchev–Trinajstić information content (AvgIpc) is 2.82. The summed E-state index contributed by atoms with van der Waals surface area (Å²) in [5.41, 5.74) is 3.22. The van der Waals surface area contributed by atoms with Crippen LogP contribution in [0.4, 0.5) is 5.69 Å². The van der Waals surface area contributed by atoms with Crippen LogP contribution in [0.3, 0.4) is 0 Å². The third kappa shape index (κ3) is 7.53. The molecule has 1 aliphatic rings. The van der Waals surface area contributed by atoms with Gasteiger partial charge in [-0.05, 0) is 63.1 Å². The summed E-state index contributed by atoms with van der Waals surface area (Å²) >= 11 is 0. The quantitative estimate of drug-likeness (QED) is 0.511. The molecule has 2 aromatic carbocycles. The van der Waals surface area contributed by atoms with Crippen molar-refractivity contribution in [3.63, 3.8) is 0 Å². The van der Waals surface area contributed by atoms with E-state index >= 15 is 0 Å². The number of carbonyl (C=O) groups excluding carboxylic acids is 1. The highest BCUT2D eigenvalue weighted by atomic mass is 16.5. The molecule has 1 amide bonds. The predicted octanol–water partition coefficient (Wildman–Crippen LogP) is 3.74. The molecule has 32 heavy (non-hydrogen) atoms. The van der Waals surface area contributed by atoms with Gasteiger partial charge in [0.1, 0.15) is 12.4 Å². The van der Waals surface area contributed by atoms with Gasteiger partial charge in [-0.1, -0.05) is 24.3 Å². The second-order valence-corrected chi connectivity index (χ2v) is 8.17. The molecule has 1 saturated heterocycles. The minimum absolute atomic E-state index is 0.0798. The fourth-order valence-corrected chi connectivity index (χ4v) is 3.95. The maximum Gasteiger partial charge on any atom is 0.255 e. The second-order valence-electron chi connectivity index (χ2n) is 8.17. The summed E-state index contributed by atoms with van der Waals surface area (Å²) in [5.74, 6) is 0.528. The van der Waals surface area contributed by atoms with Gasteiger partial charge in [0, 0.05) is 45.0 Å². The van der Waals surface area contributed by atoms with E-state index in [-0.39, 0.29) is 5.91 Å². The summed E-state index contributed by atoms with van der Waals surface area (Å²) in [5, 5.41) is 3.04. The lowest BCUT2D eigenvalue weighted by Crippen LogP contribution is -2.46. The molecule has 1 heterocycles. The van der Waals surface area contributed by atoms with Crippen molar-refractivity contribution in [2.45, 2.75) is 26.7 Å². The lowest BCUT2D eigenvalue weighted by molar-refractivity contribution is 0.0935. The molecule has 3 rings (SSSR count). The molecule has 6 heteroatoms. The number of hydrogen-bond donors (Lipinski definition) is 1. The number of nitrogens with zero attached hydrogens (tertiary/aromatic N) is 2. The molecule has 0 atom stereocenters. The van der Waals surface area contributed by atoms with E-state index in [2.05, 4.69) is 46.3 Å². The van der Waals surface area contributed by atoms with Crippen LogP contribution in [0, 0.1) is 6.92 Å². The fraction of sp³-hybridized carbons (Fsp3) is 0.500. The Kier molecular flexibility index (Phi) is 9.85. The van der Waals surface area contributed by atoms with Crippen LogP contribution in [0.5, 0.6) is 5.75 Å². The van der Waals surface area contributed by atoms with Gasteiger partial charge in [-0.25, -0.2) is 0 Å². The standard InChI is InChI=1S/C26H37N3O3/c1-3-31-19-20-32-25-12-5-4-11-24(25)26(30)27-13-6-7-14-28-15-17-29(18-16-28)23-10-8-9-22(2)21-23/h4-5,8-12,21H,3,6-7,13-20H2,1-2H3,(H,27,30). The first kappa shape index (κ1) is 24.1. The van der Waals surface area contributed by atoms with Gasteiger partial charge in [-0.15, -0.1) is 0 Å². The number of amides is 1. The van der Waals surface area contributed by atoms with Gasteiger partial charge >= 0.3 is 0 Å². The van der Waals surface area contributed by atoms with Gasteiger partial charge in [-0.3, -0.25) is 9.69 Å². The van der Waals surface area contributed by atoms with E-state index in [0.29, 0.717) is 37.7 Å². The Hall–Kier alpha value is -2.57. The van der Waals surface area contributed by atoms with Crippen LogP contribution in [0.25, 0.3) is 0 Å². The van der Waals surface area contributed by atoms with E-state index < -0.39 is 0 Å². The zero-order valence-corrected chi connectivity index (χ0v) is 19.5. The molecular formula is C26H37N3O3. The predicted molar refractivity (Wildman–Crippen MR) is 130 cm³/mol. The van der Waals surface area contributed by atoms with E-state index in [4.69, 9.17) is 9.47 Å². The highest BCUT2D eigenvalue weighted by Crippen LogP contribution is 2.19. The van der Waals surface area contributed by atoms with E-state index in [0.717, 1.165) is 45.6 Å². The third-order valence-corrected chi connectivity index (χ3v) is 5.75. The summed E-state index contributed by atoms with van der Waals surface area (Å²) in [6.45, 7) is 11.8. The van der Waals surface area contributed by atoms with E-state index in [1.807, 2.05) is 25.1 Å². The number of ether oxygens (including phenoxy) is 2. The first-order valence-electron chi connectivity index (χ1n) is 11.8. The molecule has 2 aromatic rings. The number of carbonyl (C=O) groups is 1. The van der Waals surface area contributed by atoms with E-state index in [1.54, 1.807) is 6.07 Å². The number of unbranched alkanes of at least 4 members (excludes halogenated alkanes) is 1. The molecule has 0 unspecified atom stereocenters.